The highest BCUT2D eigenvalue weighted by Gasteiger charge is 2.40. The van der Waals surface area contributed by atoms with Gasteiger partial charge in [0.25, 0.3) is 0 Å². The molecule has 5 heteroatoms. The summed E-state index contributed by atoms with van der Waals surface area (Å²) in [5, 5.41) is 6.03. The van der Waals surface area contributed by atoms with Crippen molar-refractivity contribution in [2.75, 3.05) is 13.1 Å². The molecule has 1 unspecified atom stereocenters. The predicted octanol–water partition coefficient (Wildman–Crippen LogP) is -0.0997. The van der Waals surface area contributed by atoms with Crippen LogP contribution in [-0.4, -0.2) is 30.9 Å². The number of amides is 2. The molecule has 2 aliphatic rings. The number of hydrogen-bond acceptors (Lipinski definition) is 3. The summed E-state index contributed by atoms with van der Waals surface area (Å²) in [5.74, 6) is -0.260. The minimum absolute atomic E-state index is 0.00928. The van der Waals surface area contributed by atoms with Gasteiger partial charge in [0.05, 0.1) is 11.5 Å². The number of rotatable bonds is 4. The molecule has 0 aromatic carbocycles. The molecule has 2 rings (SSSR count). The summed E-state index contributed by atoms with van der Waals surface area (Å²) in [5.41, 5.74) is 4.97. The van der Waals surface area contributed by atoms with Gasteiger partial charge in [-0.3, -0.25) is 9.59 Å². The fourth-order valence-electron chi connectivity index (χ4n) is 2.85. The van der Waals surface area contributed by atoms with E-state index in [2.05, 4.69) is 10.6 Å². The Hall–Kier alpha value is -1.10. The van der Waals surface area contributed by atoms with E-state index in [1.807, 2.05) is 0 Å². The van der Waals surface area contributed by atoms with Crippen molar-refractivity contribution >= 4 is 11.8 Å². The summed E-state index contributed by atoms with van der Waals surface area (Å²) >= 11 is 0. The summed E-state index contributed by atoms with van der Waals surface area (Å²) in [7, 11) is 0. The molecule has 0 spiro atoms. The largest absolute Gasteiger partial charge is 0.369 e. The van der Waals surface area contributed by atoms with Crippen molar-refractivity contribution < 1.29 is 9.59 Å². The number of carbonyl (C=O) groups is 2. The van der Waals surface area contributed by atoms with Crippen LogP contribution in [0, 0.1) is 5.41 Å². The molecular formula is C12H21N3O2. The summed E-state index contributed by atoms with van der Waals surface area (Å²) in [6.45, 7) is 1.30. The summed E-state index contributed by atoms with van der Waals surface area (Å²) in [4.78, 5) is 23.4. The first-order valence-corrected chi connectivity index (χ1v) is 6.45. The van der Waals surface area contributed by atoms with Gasteiger partial charge in [-0.15, -0.1) is 0 Å². The van der Waals surface area contributed by atoms with Crippen LogP contribution in [0.1, 0.15) is 38.5 Å². The van der Waals surface area contributed by atoms with Crippen LogP contribution in [0.15, 0.2) is 0 Å². The molecular weight excluding hydrogens is 218 g/mol. The van der Waals surface area contributed by atoms with E-state index in [1.54, 1.807) is 0 Å². The molecule has 1 heterocycles. The van der Waals surface area contributed by atoms with Gasteiger partial charge in [-0.2, -0.15) is 0 Å². The van der Waals surface area contributed by atoms with E-state index in [0.717, 1.165) is 45.1 Å². The number of primary amides is 1. The second kappa shape index (κ2) is 5.04. The maximum Gasteiger partial charge on any atom is 0.237 e. The Labute approximate surface area is 102 Å². The highest BCUT2D eigenvalue weighted by molar-refractivity contribution is 5.85. The SMILES string of the molecule is NC(=O)C1(CNC(=O)C2CCCN2)CCCC1. The number of carbonyl (C=O) groups excluding carboxylic acids is 2. The molecule has 0 bridgehead atoms. The molecule has 1 aliphatic carbocycles. The molecule has 1 aliphatic heterocycles. The maximum absolute atomic E-state index is 11.8. The van der Waals surface area contributed by atoms with Crippen LogP contribution in [-0.2, 0) is 9.59 Å². The lowest BCUT2D eigenvalue weighted by atomic mass is 9.85. The standard InChI is InChI=1S/C12H21N3O2/c13-11(17)12(5-1-2-6-12)8-15-10(16)9-4-3-7-14-9/h9,14H,1-8H2,(H2,13,17)(H,15,16). The van der Waals surface area contributed by atoms with Crippen molar-refractivity contribution in [1.82, 2.24) is 10.6 Å². The quantitative estimate of drug-likeness (QED) is 0.640. The Morgan fingerprint density at radius 2 is 2.00 bits per heavy atom. The van der Waals surface area contributed by atoms with Gasteiger partial charge in [0.2, 0.25) is 11.8 Å². The highest BCUT2D eigenvalue weighted by Crippen LogP contribution is 2.37. The van der Waals surface area contributed by atoms with Gasteiger partial charge in [0, 0.05) is 6.54 Å². The zero-order valence-electron chi connectivity index (χ0n) is 10.1. The minimum atomic E-state index is -0.492. The molecule has 0 aromatic rings. The molecule has 1 atom stereocenters. The van der Waals surface area contributed by atoms with E-state index in [-0.39, 0.29) is 17.9 Å². The van der Waals surface area contributed by atoms with Gasteiger partial charge < -0.3 is 16.4 Å². The Morgan fingerprint density at radius 3 is 2.53 bits per heavy atom. The molecule has 0 radical (unpaired) electrons. The monoisotopic (exact) mass is 239 g/mol. The predicted molar refractivity (Wildman–Crippen MR) is 64.1 cm³/mol. The zero-order chi connectivity index (χ0) is 12.3. The van der Waals surface area contributed by atoms with Gasteiger partial charge >= 0.3 is 0 Å². The smallest absolute Gasteiger partial charge is 0.237 e. The molecule has 5 nitrogen and oxygen atoms in total. The van der Waals surface area contributed by atoms with Crippen LogP contribution in [0.25, 0.3) is 0 Å². The molecule has 2 amide bonds. The van der Waals surface area contributed by atoms with E-state index in [9.17, 15) is 9.59 Å². The molecule has 1 saturated carbocycles. The first-order valence-electron chi connectivity index (χ1n) is 6.45. The zero-order valence-corrected chi connectivity index (χ0v) is 10.1. The Balaban J connectivity index is 1.87. The van der Waals surface area contributed by atoms with E-state index < -0.39 is 5.41 Å². The first-order chi connectivity index (χ1) is 8.14. The van der Waals surface area contributed by atoms with Gasteiger partial charge in [0.15, 0.2) is 0 Å². The van der Waals surface area contributed by atoms with Crippen LogP contribution < -0.4 is 16.4 Å². The third-order valence-corrected chi connectivity index (χ3v) is 4.06. The van der Waals surface area contributed by atoms with Crippen molar-refractivity contribution in [3.05, 3.63) is 0 Å². The summed E-state index contributed by atoms with van der Waals surface area (Å²) < 4.78 is 0. The van der Waals surface area contributed by atoms with Crippen LogP contribution in [0.2, 0.25) is 0 Å². The molecule has 17 heavy (non-hydrogen) atoms. The highest BCUT2D eigenvalue weighted by atomic mass is 16.2. The molecule has 0 aromatic heterocycles. The summed E-state index contributed by atoms with van der Waals surface area (Å²) in [6.07, 6.45) is 5.59. The average Bonchev–Trinajstić information content (AvgIpc) is 2.97. The Kier molecular flexibility index (Phi) is 3.66. The molecule has 96 valence electrons. The second-order valence-corrected chi connectivity index (χ2v) is 5.22. The minimum Gasteiger partial charge on any atom is -0.369 e. The van der Waals surface area contributed by atoms with Crippen molar-refractivity contribution in [2.24, 2.45) is 11.1 Å². The van der Waals surface area contributed by atoms with Gasteiger partial charge in [-0.05, 0) is 32.2 Å². The van der Waals surface area contributed by atoms with Crippen molar-refractivity contribution in [3.8, 4) is 0 Å². The van der Waals surface area contributed by atoms with Gasteiger partial charge in [-0.1, -0.05) is 12.8 Å². The second-order valence-electron chi connectivity index (χ2n) is 5.22. The molecule has 2 fully saturated rings. The molecule has 1 saturated heterocycles. The fraction of sp³-hybridized carbons (Fsp3) is 0.833. The normalized spacial score (nSPS) is 26.9. The van der Waals surface area contributed by atoms with Crippen LogP contribution in [0.3, 0.4) is 0 Å². The van der Waals surface area contributed by atoms with Gasteiger partial charge in [0.1, 0.15) is 0 Å². The van der Waals surface area contributed by atoms with E-state index in [0.29, 0.717) is 6.54 Å². The fourth-order valence-corrected chi connectivity index (χ4v) is 2.85. The van der Waals surface area contributed by atoms with Crippen molar-refractivity contribution in [1.29, 1.82) is 0 Å². The van der Waals surface area contributed by atoms with E-state index >= 15 is 0 Å². The number of nitrogens with two attached hydrogens (primary N) is 1. The van der Waals surface area contributed by atoms with Crippen LogP contribution in [0.4, 0.5) is 0 Å². The van der Waals surface area contributed by atoms with Crippen molar-refractivity contribution in [2.45, 2.75) is 44.6 Å². The lowest BCUT2D eigenvalue weighted by Gasteiger charge is -2.26. The maximum atomic E-state index is 11.8. The summed E-state index contributed by atoms with van der Waals surface area (Å²) in [6, 6.07) is -0.0821. The Bertz CT molecular complexity index is 305. The number of hydrogen-bond donors (Lipinski definition) is 3. The van der Waals surface area contributed by atoms with Crippen LogP contribution in [0.5, 0.6) is 0 Å². The third-order valence-electron chi connectivity index (χ3n) is 4.06. The average molecular weight is 239 g/mol. The van der Waals surface area contributed by atoms with E-state index in [1.165, 1.54) is 0 Å². The third kappa shape index (κ3) is 2.60. The van der Waals surface area contributed by atoms with Crippen LogP contribution >= 0.6 is 0 Å². The topological polar surface area (TPSA) is 84.2 Å². The van der Waals surface area contributed by atoms with Crippen molar-refractivity contribution in [3.63, 3.8) is 0 Å². The first kappa shape index (κ1) is 12.4. The lowest BCUT2D eigenvalue weighted by molar-refractivity contribution is -0.128. The van der Waals surface area contributed by atoms with E-state index in [4.69, 9.17) is 5.73 Å². The number of nitrogens with one attached hydrogen (secondary N) is 2. The molecule has 4 N–H and O–H groups in total. The Morgan fingerprint density at radius 1 is 1.29 bits per heavy atom. The lowest BCUT2D eigenvalue weighted by Crippen LogP contribution is -2.48. The van der Waals surface area contributed by atoms with Gasteiger partial charge in [-0.25, -0.2) is 0 Å².